The lowest BCUT2D eigenvalue weighted by Gasteiger charge is -2.23. The summed E-state index contributed by atoms with van der Waals surface area (Å²) in [5.74, 6) is -0.285. The third-order valence-electron chi connectivity index (χ3n) is 6.76. The standard InChI is InChI=1S/C30H29N3O5S/c1-6-38-19-9-10-22-24(13-19)39-30(32-22)33-26(18-8-7-11-31-15-18)25(28(35)29(33)36)27(34)21-14-20(16(2)3)23(37-5)12-17(21)4/h7-16,26,34H,6H2,1-5H3/b27-25+. The highest BCUT2D eigenvalue weighted by molar-refractivity contribution is 7.22. The summed E-state index contributed by atoms with van der Waals surface area (Å²) in [6, 6.07) is 11.8. The van der Waals surface area contributed by atoms with Crippen molar-refractivity contribution in [3.05, 3.63) is 82.7 Å². The Morgan fingerprint density at radius 3 is 2.64 bits per heavy atom. The lowest BCUT2D eigenvalue weighted by Crippen LogP contribution is -2.29. The van der Waals surface area contributed by atoms with Crippen LogP contribution in [0, 0.1) is 6.92 Å². The number of pyridine rings is 1. The highest BCUT2D eigenvalue weighted by Gasteiger charge is 2.48. The third kappa shape index (κ3) is 4.63. The Morgan fingerprint density at radius 1 is 1.18 bits per heavy atom. The van der Waals surface area contributed by atoms with Gasteiger partial charge in [0.15, 0.2) is 5.13 Å². The Bertz CT molecular complexity index is 1610. The molecule has 1 fully saturated rings. The van der Waals surface area contributed by atoms with Gasteiger partial charge in [0.1, 0.15) is 17.3 Å². The van der Waals surface area contributed by atoms with Gasteiger partial charge in [0.2, 0.25) is 0 Å². The average Bonchev–Trinajstić information content (AvgIpc) is 3.46. The van der Waals surface area contributed by atoms with E-state index in [1.807, 2.05) is 58.0 Å². The first-order chi connectivity index (χ1) is 18.7. The van der Waals surface area contributed by atoms with Gasteiger partial charge >= 0.3 is 5.91 Å². The zero-order valence-corrected chi connectivity index (χ0v) is 23.2. The van der Waals surface area contributed by atoms with E-state index in [0.717, 1.165) is 10.3 Å². The topological polar surface area (TPSA) is 102 Å². The second-order valence-corrected chi connectivity index (χ2v) is 10.6. The van der Waals surface area contributed by atoms with E-state index in [1.54, 1.807) is 31.6 Å². The van der Waals surface area contributed by atoms with Crippen molar-refractivity contribution in [2.75, 3.05) is 18.6 Å². The van der Waals surface area contributed by atoms with Gasteiger partial charge in [-0.15, -0.1) is 0 Å². The van der Waals surface area contributed by atoms with E-state index in [-0.39, 0.29) is 17.3 Å². The van der Waals surface area contributed by atoms with E-state index in [1.165, 1.54) is 16.2 Å². The van der Waals surface area contributed by atoms with Crippen molar-refractivity contribution >= 4 is 44.1 Å². The maximum Gasteiger partial charge on any atom is 0.301 e. The summed E-state index contributed by atoms with van der Waals surface area (Å²) < 4.78 is 12.0. The molecule has 200 valence electrons. The van der Waals surface area contributed by atoms with Gasteiger partial charge in [0.05, 0.1) is 35.5 Å². The maximum atomic E-state index is 13.6. The minimum atomic E-state index is -0.908. The predicted octanol–water partition coefficient (Wildman–Crippen LogP) is 6.16. The van der Waals surface area contributed by atoms with E-state index in [0.29, 0.717) is 45.4 Å². The fourth-order valence-electron chi connectivity index (χ4n) is 4.86. The molecule has 1 atom stereocenters. The number of aryl methyl sites for hydroxylation is 1. The first-order valence-corrected chi connectivity index (χ1v) is 13.5. The zero-order chi connectivity index (χ0) is 27.8. The van der Waals surface area contributed by atoms with E-state index >= 15 is 0 Å². The lowest BCUT2D eigenvalue weighted by atomic mass is 9.91. The molecule has 1 N–H and O–H groups in total. The third-order valence-corrected chi connectivity index (χ3v) is 7.78. The van der Waals surface area contributed by atoms with Crippen LogP contribution in [0.5, 0.6) is 11.5 Å². The number of ether oxygens (including phenoxy) is 2. The number of rotatable bonds is 7. The predicted molar refractivity (Wildman–Crippen MR) is 152 cm³/mol. The number of anilines is 1. The molecule has 2 aromatic heterocycles. The molecule has 1 aliphatic rings. The molecule has 8 nitrogen and oxygen atoms in total. The van der Waals surface area contributed by atoms with E-state index in [2.05, 4.69) is 9.97 Å². The molecular weight excluding hydrogens is 514 g/mol. The van der Waals surface area contributed by atoms with Crippen LogP contribution in [0.25, 0.3) is 16.0 Å². The van der Waals surface area contributed by atoms with Crippen LogP contribution in [-0.2, 0) is 9.59 Å². The van der Waals surface area contributed by atoms with Gasteiger partial charge in [-0.2, -0.15) is 0 Å². The molecule has 0 bridgehead atoms. The zero-order valence-electron chi connectivity index (χ0n) is 22.4. The van der Waals surface area contributed by atoms with E-state index < -0.39 is 17.7 Å². The second kappa shape index (κ2) is 10.5. The average molecular weight is 544 g/mol. The Morgan fingerprint density at radius 2 is 1.97 bits per heavy atom. The summed E-state index contributed by atoms with van der Waals surface area (Å²) in [6.45, 7) is 8.31. The van der Waals surface area contributed by atoms with Crippen LogP contribution in [-0.4, -0.2) is 40.5 Å². The number of amides is 1. The van der Waals surface area contributed by atoms with Crippen molar-refractivity contribution in [1.82, 2.24) is 9.97 Å². The number of hydrogen-bond donors (Lipinski definition) is 1. The summed E-state index contributed by atoms with van der Waals surface area (Å²) in [6.07, 6.45) is 3.21. The number of aliphatic hydroxyl groups excluding tert-OH is 1. The Balaban J connectivity index is 1.71. The summed E-state index contributed by atoms with van der Waals surface area (Å²) in [7, 11) is 1.60. The molecule has 1 aliphatic heterocycles. The number of nitrogens with zero attached hydrogens (tertiary/aromatic N) is 3. The minimum Gasteiger partial charge on any atom is -0.507 e. The quantitative estimate of drug-likeness (QED) is 0.169. The number of ketones is 1. The maximum absolute atomic E-state index is 13.6. The minimum absolute atomic E-state index is 0.00904. The summed E-state index contributed by atoms with van der Waals surface area (Å²) in [5.41, 5.74) is 3.32. The van der Waals surface area contributed by atoms with Crippen LogP contribution < -0.4 is 14.4 Å². The smallest absolute Gasteiger partial charge is 0.301 e. The normalized spacial score (nSPS) is 16.9. The molecule has 9 heteroatoms. The van der Waals surface area contributed by atoms with Crippen LogP contribution in [0.15, 0.2) is 60.4 Å². The fraction of sp³-hybridized carbons (Fsp3) is 0.267. The first kappa shape index (κ1) is 26.4. The molecule has 3 heterocycles. The lowest BCUT2D eigenvalue weighted by molar-refractivity contribution is -0.132. The van der Waals surface area contributed by atoms with Crippen molar-refractivity contribution in [2.24, 2.45) is 0 Å². The van der Waals surface area contributed by atoms with Crippen LogP contribution in [0.2, 0.25) is 0 Å². The summed E-state index contributed by atoms with van der Waals surface area (Å²) >= 11 is 1.28. The molecule has 39 heavy (non-hydrogen) atoms. The van der Waals surface area contributed by atoms with Gasteiger partial charge < -0.3 is 14.6 Å². The molecule has 0 radical (unpaired) electrons. The van der Waals surface area contributed by atoms with Crippen molar-refractivity contribution in [3.63, 3.8) is 0 Å². The molecule has 4 aromatic rings. The van der Waals surface area contributed by atoms with Crippen molar-refractivity contribution in [3.8, 4) is 11.5 Å². The summed E-state index contributed by atoms with van der Waals surface area (Å²) in [4.78, 5) is 37.4. The molecule has 1 amide bonds. The number of aromatic nitrogens is 2. The SMILES string of the molecule is CCOc1ccc2nc(N3C(=O)C(=O)/C(=C(/O)c4cc(C(C)C)c(OC)cc4C)C3c3cccnc3)sc2c1. The van der Waals surface area contributed by atoms with Gasteiger partial charge in [-0.3, -0.25) is 19.5 Å². The van der Waals surface area contributed by atoms with Crippen LogP contribution >= 0.6 is 11.3 Å². The number of carbonyl (C=O) groups is 2. The largest absolute Gasteiger partial charge is 0.507 e. The number of methoxy groups -OCH3 is 1. The van der Waals surface area contributed by atoms with Crippen molar-refractivity contribution in [2.45, 2.75) is 39.7 Å². The fourth-order valence-corrected chi connectivity index (χ4v) is 5.88. The molecule has 2 aromatic carbocycles. The first-order valence-electron chi connectivity index (χ1n) is 12.7. The highest BCUT2D eigenvalue weighted by Crippen LogP contribution is 2.45. The number of Topliss-reactive ketones (excluding diaryl/α,β-unsaturated/α-hetero) is 1. The number of fused-ring (bicyclic) bond motifs is 1. The van der Waals surface area contributed by atoms with Crippen molar-refractivity contribution < 1.29 is 24.2 Å². The molecule has 0 saturated carbocycles. The number of aliphatic hydroxyl groups is 1. The summed E-state index contributed by atoms with van der Waals surface area (Å²) in [5, 5.41) is 12.0. The highest BCUT2D eigenvalue weighted by atomic mass is 32.1. The number of benzene rings is 2. The van der Waals surface area contributed by atoms with Gasteiger partial charge in [-0.25, -0.2) is 4.98 Å². The van der Waals surface area contributed by atoms with Gasteiger partial charge in [-0.05, 0) is 72.9 Å². The van der Waals surface area contributed by atoms with Gasteiger partial charge in [0.25, 0.3) is 5.78 Å². The number of hydrogen-bond acceptors (Lipinski definition) is 8. The van der Waals surface area contributed by atoms with Crippen LogP contribution in [0.3, 0.4) is 0 Å². The van der Waals surface area contributed by atoms with Crippen LogP contribution in [0.1, 0.15) is 55.0 Å². The molecule has 1 saturated heterocycles. The molecular formula is C30H29N3O5S. The molecule has 0 aliphatic carbocycles. The molecule has 0 spiro atoms. The van der Waals surface area contributed by atoms with Gasteiger partial charge in [-0.1, -0.05) is 31.3 Å². The molecule has 5 rings (SSSR count). The van der Waals surface area contributed by atoms with E-state index in [4.69, 9.17) is 9.47 Å². The van der Waals surface area contributed by atoms with Crippen LogP contribution in [0.4, 0.5) is 5.13 Å². The Labute approximate surface area is 230 Å². The second-order valence-electron chi connectivity index (χ2n) is 9.58. The van der Waals surface area contributed by atoms with E-state index in [9.17, 15) is 14.7 Å². The Kier molecular flexibility index (Phi) is 7.10. The molecule has 1 unspecified atom stereocenters. The number of carbonyl (C=O) groups excluding carboxylic acids is 2. The number of thiazole rings is 1. The van der Waals surface area contributed by atoms with Crippen molar-refractivity contribution in [1.29, 1.82) is 0 Å². The Hall–Kier alpha value is -4.24. The van der Waals surface area contributed by atoms with Gasteiger partial charge in [0, 0.05) is 18.0 Å². The monoisotopic (exact) mass is 543 g/mol.